The van der Waals surface area contributed by atoms with E-state index in [9.17, 15) is 14.9 Å². The van der Waals surface area contributed by atoms with E-state index < -0.39 is 4.92 Å². The van der Waals surface area contributed by atoms with Crippen LogP contribution in [0.5, 0.6) is 0 Å². The molecule has 0 bridgehead atoms. The summed E-state index contributed by atoms with van der Waals surface area (Å²) in [6.07, 6.45) is 4.39. The third-order valence-electron chi connectivity index (χ3n) is 4.01. The Morgan fingerprint density at radius 1 is 1.28 bits per heavy atom. The van der Waals surface area contributed by atoms with E-state index in [4.69, 9.17) is 0 Å². The van der Waals surface area contributed by atoms with Crippen molar-refractivity contribution in [3.63, 3.8) is 0 Å². The first-order valence-electron chi connectivity index (χ1n) is 6.26. The second-order valence-corrected chi connectivity index (χ2v) is 5.01. The third kappa shape index (κ3) is 1.58. The summed E-state index contributed by atoms with van der Waals surface area (Å²) in [5.41, 5.74) is 1.21. The number of nitro benzene ring substituents is 1. The summed E-state index contributed by atoms with van der Waals surface area (Å²) in [6, 6.07) is 4.94. The molecule has 1 aliphatic carbocycles. The molecule has 18 heavy (non-hydrogen) atoms. The summed E-state index contributed by atoms with van der Waals surface area (Å²) in [5, 5.41) is 13.6. The van der Waals surface area contributed by atoms with Crippen LogP contribution in [0.25, 0.3) is 0 Å². The number of hydrogen-bond donors (Lipinski definition) is 1. The molecule has 1 fully saturated rings. The van der Waals surface area contributed by atoms with Crippen LogP contribution in [0.3, 0.4) is 0 Å². The van der Waals surface area contributed by atoms with E-state index in [1.807, 2.05) is 6.07 Å². The monoisotopic (exact) mass is 246 g/mol. The maximum absolute atomic E-state index is 12.1. The topological polar surface area (TPSA) is 72.2 Å². The average Bonchev–Trinajstić information content (AvgIpc) is 2.93. The highest BCUT2D eigenvalue weighted by Gasteiger charge is 2.40. The van der Waals surface area contributed by atoms with Crippen LogP contribution in [0.15, 0.2) is 18.2 Å². The number of para-hydroxylation sites is 1. The molecule has 1 heterocycles. The normalized spacial score (nSPS) is 22.9. The van der Waals surface area contributed by atoms with Gasteiger partial charge < -0.3 is 5.32 Å². The van der Waals surface area contributed by atoms with Crippen molar-refractivity contribution < 1.29 is 9.72 Å². The Labute approximate surface area is 104 Å². The van der Waals surface area contributed by atoms with Gasteiger partial charge in [0.15, 0.2) is 0 Å². The van der Waals surface area contributed by atoms with Crippen LogP contribution in [-0.4, -0.2) is 10.8 Å². The largest absolute Gasteiger partial charge is 0.320 e. The molecule has 3 rings (SSSR count). The minimum atomic E-state index is -0.434. The summed E-state index contributed by atoms with van der Waals surface area (Å²) >= 11 is 0. The van der Waals surface area contributed by atoms with Gasteiger partial charge in [-0.3, -0.25) is 14.9 Å². The Morgan fingerprint density at radius 2 is 2.00 bits per heavy atom. The number of anilines is 1. The van der Waals surface area contributed by atoms with E-state index in [1.54, 1.807) is 6.07 Å². The molecule has 1 aromatic carbocycles. The van der Waals surface area contributed by atoms with Crippen LogP contribution in [0.4, 0.5) is 11.4 Å². The molecule has 0 radical (unpaired) electrons. The number of hydrogen-bond acceptors (Lipinski definition) is 3. The van der Waals surface area contributed by atoms with Crippen molar-refractivity contribution in [1.29, 1.82) is 0 Å². The number of carbonyl (C=O) groups excluding carboxylic acids is 1. The summed E-state index contributed by atoms with van der Waals surface area (Å²) < 4.78 is 0. The second-order valence-electron chi connectivity index (χ2n) is 5.01. The number of nitrogens with zero attached hydrogens (tertiary/aromatic N) is 1. The first-order valence-corrected chi connectivity index (χ1v) is 6.26. The maximum atomic E-state index is 12.1. The molecule has 1 aliphatic heterocycles. The lowest BCUT2D eigenvalue weighted by Crippen LogP contribution is -2.18. The van der Waals surface area contributed by atoms with Crippen molar-refractivity contribution in [1.82, 2.24) is 0 Å². The number of amides is 1. The summed E-state index contributed by atoms with van der Waals surface area (Å²) in [7, 11) is 0. The number of carbonyl (C=O) groups is 1. The number of rotatable bonds is 2. The highest BCUT2D eigenvalue weighted by atomic mass is 16.6. The second kappa shape index (κ2) is 4.08. The summed E-state index contributed by atoms with van der Waals surface area (Å²) in [4.78, 5) is 22.6. The van der Waals surface area contributed by atoms with E-state index in [2.05, 4.69) is 5.32 Å². The first-order chi connectivity index (χ1) is 8.68. The lowest BCUT2D eigenvalue weighted by atomic mass is 9.86. The maximum Gasteiger partial charge on any atom is 0.293 e. The molecule has 5 heteroatoms. The van der Waals surface area contributed by atoms with Gasteiger partial charge in [-0.1, -0.05) is 25.0 Å². The minimum Gasteiger partial charge on any atom is -0.320 e. The van der Waals surface area contributed by atoms with Crippen LogP contribution < -0.4 is 5.32 Å². The molecule has 1 atom stereocenters. The molecule has 0 saturated heterocycles. The summed E-state index contributed by atoms with van der Waals surface area (Å²) in [5.74, 6) is 0.0712. The zero-order chi connectivity index (χ0) is 12.7. The van der Waals surface area contributed by atoms with Crippen molar-refractivity contribution >= 4 is 17.3 Å². The fourth-order valence-corrected chi connectivity index (χ4v) is 3.21. The van der Waals surface area contributed by atoms with Crippen LogP contribution in [0.1, 0.15) is 37.2 Å². The molecule has 94 valence electrons. The van der Waals surface area contributed by atoms with E-state index in [0.29, 0.717) is 11.6 Å². The zero-order valence-electron chi connectivity index (χ0n) is 9.89. The standard InChI is InChI=1S/C13H14N2O3/c16-13-11(8-4-1-2-5-8)9-6-3-7-10(15(17)18)12(9)14-13/h3,6-8,11H,1-2,4-5H2,(H,14,16). The Morgan fingerprint density at radius 3 is 2.67 bits per heavy atom. The molecule has 2 aliphatic rings. The van der Waals surface area contributed by atoms with Gasteiger partial charge in [0.2, 0.25) is 5.91 Å². The Balaban J connectivity index is 2.05. The van der Waals surface area contributed by atoms with Crippen LogP contribution in [0.2, 0.25) is 0 Å². The van der Waals surface area contributed by atoms with Gasteiger partial charge >= 0.3 is 0 Å². The molecule has 1 saturated carbocycles. The number of fused-ring (bicyclic) bond motifs is 1. The predicted molar refractivity (Wildman–Crippen MR) is 66.4 cm³/mol. The Hall–Kier alpha value is -1.91. The van der Waals surface area contributed by atoms with Crippen molar-refractivity contribution in [2.45, 2.75) is 31.6 Å². The van der Waals surface area contributed by atoms with Crippen molar-refractivity contribution in [2.24, 2.45) is 5.92 Å². The minimum absolute atomic E-state index is 0.00125. The van der Waals surface area contributed by atoms with Gasteiger partial charge in [0.25, 0.3) is 5.69 Å². The lowest BCUT2D eigenvalue weighted by molar-refractivity contribution is -0.383. The van der Waals surface area contributed by atoms with Crippen molar-refractivity contribution in [2.75, 3.05) is 5.32 Å². The van der Waals surface area contributed by atoms with Crippen molar-refractivity contribution in [3.05, 3.63) is 33.9 Å². The van der Waals surface area contributed by atoms with Crippen LogP contribution >= 0.6 is 0 Å². The number of nitrogens with one attached hydrogen (secondary N) is 1. The molecule has 1 N–H and O–H groups in total. The summed E-state index contributed by atoms with van der Waals surface area (Å²) in [6.45, 7) is 0. The molecule has 5 nitrogen and oxygen atoms in total. The molecule has 0 aromatic heterocycles. The van der Waals surface area contributed by atoms with Crippen LogP contribution in [0, 0.1) is 16.0 Å². The quantitative estimate of drug-likeness (QED) is 0.644. The SMILES string of the molecule is O=C1Nc2c(cccc2[N+](=O)[O-])C1C1CCCC1. The van der Waals surface area contributed by atoms with Gasteiger partial charge in [0.1, 0.15) is 5.69 Å². The van der Waals surface area contributed by atoms with Crippen LogP contribution in [-0.2, 0) is 4.79 Å². The molecular formula is C13H14N2O3. The molecule has 0 spiro atoms. The zero-order valence-corrected chi connectivity index (χ0v) is 9.89. The fourth-order valence-electron chi connectivity index (χ4n) is 3.21. The Kier molecular flexibility index (Phi) is 2.54. The highest BCUT2D eigenvalue weighted by Crippen LogP contribution is 2.46. The Bertz CT molecular complexity index is 521. The average molecular weight is 246 g/mol. The van der Waals surface area contributed by atoms with Crippen molar-refractivity contribution in [3.8, 4) is 0 Å². The van der Waals surface area contributed by atoms with Gasteiger partial charge in [-0.15, -0.1) is 0 Å². The number of benzene rings is 1. The molecule has 1 unspecified atom stereocenters. The van der Waals surface area contributed by atoms with E-state index >= 15 is 0 Å². The van der Waals surface area contributed by atoms with E-state index in [-0.39, 0.29) is 17.5 Å². The highest BCUT2D eigenvalue weighted by molar-refractivity contribution is 6.05. The fraction of sp³-hybridized carbons (Fsp3) is 0.462. The van der Waals surface area contributed by atoms with Gasteiger partial charge in [0.05, 0.1) is 10.8 Å². The van der Waals surface area contributed by atoms with Gasteiger partial charge in [-0.25, -0.2) is 0 Å². The smallest absolute Gasteiger partial charge is 0.293 e. The van der Waals surface area contributed by atoms with Gasteiger partial charge in [-0.2, -0.15) is 0 Å². The lowest BCUT2D eigenvalue weighted by Gasteiger charge is -2.15. The predicted octanol–water partition coefficient (Wildman–Crippen LogP) is 2.82. The van der Waals surface area contributed by atoms with Gasteiger partial charge in [0, 0.05) is 6.07 Å². The molecular weight excluding hydrogens is 232 g/mol. The third-order valence-corrected chi connectivity index (χ3v) is 4.01. The molecule has 1 aromatic rings. The molecule has 1 amide bonds. The number of nitro groups is 1. The van der Waals surface area contributed by atoms with E-state index in [0.717, 1.165) is 31.2 Å². The van der Waals surface area contributed by atoms with Gasteiger partial charge in [-0.05, 0) is 24.3 Å². The first kappa shape index (κ1) is 11.2. The van der Waals surface area contributed by atoms with E-state index in [1.165, 1.54) is 6.07 Å².